The minimum Gasteiger partial charge on any atom is -0.379 e. The van der Waals surface area contributed by atoms with Gasteiger partial charge in [0.2, 0.25) is 0 Å². The third-order valence-corrected chi connectivity index (χ3v) is 5.49. The van der Waals surface area contributed by atoms with E-state index in [1.54, 1.807) is 18.7 Å². The van der Waals surface area contributed by atoms with Crippen LogP contribution in [0.2, 0.25) is 0 Å². The van der Waals surface area contributed by atoms with E-state index in [9.17, 15) is 0 Å². The molecule has 0 aliphatic carbocycles. The molecule has 0 aromatic carbocycles. The average Bonchev–Trinajstić information content (AvgIpc) is 2.95. The van der Waals surface area contributed by atoms with Gasteiger partial charge in [0.25, 0.3) is 0 Å². The van der Waals surface area contributed by atoms with Crippen molar-refractivity contribution in [3.63, 3.8) is 0 Å². The standard InChI is InChI=1S/C20H26N6O/c1-15-16(2)26(8-7-24-9-11-27-12-10-24)20-18(15)19(21)25(14-23-20)13-17-3-5-22-6-4-17/h3-6,14,21H,7-13H2,1-2H3. The second-order valence-electron chi connectivity index (χ2n) is 7.09. The highest BCUT2D eigenvalue weighted by molar-refractivity contribution is 5.80. The average molecular weight is 366 g/mol. The lowest BCUT2D eigenvalue weighted by atomic mass is 10.2. The molecule has 0 unspecified atom stereocenters. The van der Waals surface area contributed by atoms with Gasteiger partial charge in [0.15, 0.2) is 0 Å². The molecule has 4 rings (SSSR count). The van der Waals surface area contributed by atoms with Gasteiger partial charge < -0.3 is 13.9 Å². The Kier molecular flexibility index (Phi) is 5.05. The highest BCUT2D eigenvalue weighted by Gasteiger charge is 2.17. The molecule has 0 saturated carbocycles. The third kappa shape index (κ3) is 3.52. The molecule has 1 saturated heterocycles. The Morgan fingerprint density at radius 3 is 2.59 bits per heavy atom. The number of hydrogen-bond donors (Lipinski definition) is 1. The molecule has 1 N–H and O–H groups in total. The molecular formula is C20H26N6O. The van der Waals surface area contributed by atoms with E-state index in [1.165, 1.54) is 5.69 Å². The Morgan fingerprint density at radius 1 is 1.11 bits per heavy atom. The van der Waals surface area contributed by atoms with Crippen molar-refractivity contribution in [3.8, 4) is 0 Å². The number of nitrogens with zero attached hydrogens (tertiary/aromatic N) is 5. The normalized spacial score (nSPS) is 15.5. The van der Waals surface area contributed by atoms with Gasteiger partial charge in [-0.15, -0.1) is 0 Å². The van der Waals surface area contributed by atoms with Crippen molar-refractivity contribution >= 4 is 11.0 Å². The number of nitrogens with one attached hydrogen (secondary N) is 1. The maximum absolute atomic E-state index is 8.73. The largest absolute Gasteiger partial charge is 0.379 e. The number of morpholine rings is 1. The van der Waals surface area contributed by atoms with Crippen molar-refractivity contribution in [2.45, 2.75) is 26.9 Å². The zero-order valence-electron chi connectivity index (χ0n) is 16.0. The fourth-order valence-corrected chi connectivity index (χ4v) is 3.73. The number of aryl methyl sites for hydroxylation is 1. The SMILES string of the molecule is Cc1c(C)n(CCN2CCOCC2)c2ncn(Cc3ccncc3)c(=N)c12. The van der Waals surface area contributed by atoms with E-state index in [0.717, 1.165) is 61.6 Å². The molecule has 4 heterocycles. The van der Waals surface area contributed by atoms with Crippen molar-refractivity contribution in [1.29, 1.82) is 5.41 Å². The molecule has 27 heavy (non-hydrogen) atoms. The van der Waals surface area contributed by atoms with Crippen molar-refractivity contribution in [3.05, 3.63) is 53.2 Å². The number of rotatable bonds is 5. The number of ether oxygens (including phenoxy) is 1. The van der Waals surface area contributed by atoms with E-state index in [0.29, 0.717) is 12.0 Å². The Hall–Kier alpha value is -2.51. The lowest BCUT2D eigenvalue weighted by Gasteiger charge is -2.26. The summed E-state index contributed by atoms with van der Waals surface area (Å²) in [4.78, 5) is 11.2. The minimum atomic E-state index is 0.516. The van der Waals surface area contributed by atoms with Crippen LogP contribution in [0.4, 0.5) is 0 Å². The topological polar surface area (TPSA) is 72.0 Å². The van der Waals surface area contributed by atoms with Crippen LogP contribution in [-0.4, -0.2) is 56.9 Å². The number of fused-ring (bicyclic) bond motifs is 1. The van der Waals surface area contributed by atoms with Crippen LogP contribution < -0.4 is 5.49 Å². The highest BCUT2D eigenvalue weighted by Crippen LogP contribution is 2.20. The fraction of sp³-hybridized carbons (Fsp3) is 0.450. The molecule has 1 aliphatic rings. The second kappa shape index (κ2) is 7.62. The van der Waals surface area contributed by atoms with Gasteiger partial charge in [0.1, 0.15) is 11.1 Å². The van der Waals surface area contributed by atoms with E-state index in [1.807, 2.05) is 16.7 Å². The third-order valence-electron chi connectivity index (χ3n) is 5.49. The van der Waals surface area contributed by atoms with Crippen LogP contribution in [0.3, 0.4) is 0 Å². The molecule has 3 aromatic heterocycles. The molecule has 1 aliphatic heterocycles. The van der Waals surface area contributed by atoms with Crippen LogP contribution in [0.1, 0.15) is 16.8 Å². The first-order valence-corrected chi connectivity index (χ1v) is 9.43. The fourth-order valence-electron chi connectivity index (χ4n) is 3.73. The number of pyridine rings is 1. The molecule has 0 bridgehead atoms. The zero-order chi connectivity index (χ0) is 18.8. The van der Waals surface area contributed by atoms with Gasteiger partial charge >= 0.3 is 0 Å². The lowest BCUT2D eigenvalue weighted by Crippen LogP contribution is -2.38. The van der Waals surface area contributed by atoms with Crippen LogP contribution >= 0.6 is 0 Å². The smallest absolute Gasteiger partial charge is 0.145 e. The summed E-state index contributed by atoms with van der Waals surface area (Å²) < 4.78 is 9.59. The summed E-state index contributed by atoms with van der Waals surface area (Å²) in [7, 11) is 0. The summed E-state index contributed by atoms with van der Waals surface area (Å²) in [5.41, 5.74) is 4.89. The monoisotopic (exact) mass is 366 g/mol. The first-order chi connectivity index (χ1) is 13.1. The predicted molar refractivity (Wildman–Crippen MR) is 104 cm³/mol. The molecule has 0 amide bonds. The second-order valence-corrected chi connectivity index (χ2v) is 7.09. The van der Waals surface area contributed by atoms with Crippen molar-refractivity contribution < 1.29 is 4.74 Å². The Bertz CT molecular complexity index is 985. The Labute approximate surface area is 158 Å². The van der Waals surface area contributed by atoms with Crippen LogP contribution in [-0.2, 0) is 17.8 Å². The summed E-state index contributed by atoms with van der Waals surface area (Å²) >= 11 is 0. The summed E-state index contributed by atoms with van der Waals surface area (Å²) in [6, 6.07) is 3.95. The van der Waals surface area contributed by atoms with Gasteiger partial charge in [-0.25, -0.2) is 4.98 Å². The summed E-state index contributed by atoms with van der Waals surface area (Å²) in [5.74, 6) is 0. The van der Waals surface area contributed by atoms with Crippen molar-refractivity contribution in [1.82, 2.24) is 24.0 Å². The van der Waals surface area contributed by atoms with E-state index >= 15 is 0 Å². The van der Waals surface area contributed by atoms with E-state index in [4.69, 9.17) is 15.1 Å². The first kappa shape index (κ1) is 17.9. The predicted octanol–water partition coefficient (Wildman–Crippen LogP) is 1.71. The van der Waals surface area contributed by atoms with E-state index in [2.05, 4.69) is 28.3 Å². The van der Waals surface area contributed by atoms with Gasteiger partial charge in [-0.05, 0) is 37.1 Å². The Balaban J connectivity index is 1.65. The molecule has 0 atom stereocenters. The summed E-state index contributed by atoms with van der Waals surface area (Å²) in [5, 5.41) is 9.68. The van der Waals surface area contributed by atoms with Crippen LogP contribution in [0.25, 0.3) is 11.0 Å². The van der Waals surface area contributed by atoms with E-state index in [-0.39, 0.29) is 0 Å². The van der Waals surface area contributed by atoms with E-state index < -0.39 is 0 Å². The molecule has 7 heteroatoms. The molecule has 142 valence electrons. The molecule has 1 fully saturated rings. The molecule has 7 nitrogen and oxygen atoms in total. The molecule has 0 spiro atoms. The van der Waals surface area contributed by atoms with Gasteiger partial charge in [-0.1, -0.05) is 0 Å². The number of aromatic nitrogens is 4. The quantitative estimate of drug-likeness (QED) is 0.746. The molecule has 0 radical (unpaired) electrons. The van der Waals surface area contributed by atoms with Crippen LogP contribution in [0.5, 0.6) is 0 Å². The van der Waals surface area contributed by atoms with Crippen LogP contribution in [0.15, 0.2) is 30.9 Å². The van der Waals surface area contributed by atoms with Gasteiger partial charge in [-0.2, -0.15) is 0 Å². The van der Waals surface area contributed by atoms with Crippen LogP contribution in [0, 0.1) is 19.3 Å². The summed E-state index contributed by atoms with van der Waals surface area (Å²) in [6.45, 7) is 10.3. The van der Waals surface area contributed by atoms with Gasteiger partial charge in [0, 0.05) is 44.3 Å². The number of hydrogen-bond acceptors (Lipinski definition) is 5. The van der Waals surface area contributed by atoms with Gasteiger partial charge in [-0.3, -0.25) is 15.3 Å². The molecular weight excluding hydrogens is 340 g/mol. The maximum atomic E-state index is 8.73. The Morgan fingerprint density at radius 2 is 1.85 bits per heavy atom. The summed E-state index contributed by atoms with van der Waals surface area (Å²) in [6.07, 6.45) is 5.35. The zero-order valence-corrected chi connectivity index (χ0v) is 16.0. The van der Waals surface area contributed by atoms with Crippen molar-refractivity contribution in [2.75, 3.05) is 32.8 Å². The van der Waals surface area contributed by atoms with Gasteiger partial charge in [0.05, 0.1) is 31.5 Å². The minimum absolute atomic E-state index is 0.516. The lowest BCUT2D eigenvalue weighted by molar-refractivity contribution is 0.0364. The first-order valence-electron chi connectivity index (χ1n) is 9.43. The van der Waals surface area contributed by atoms with Crippen molar-refractivity contribution in [2.24, 2.45) is 0 Å². The highest BCUT2D eigenvalue weighted by atomic mass is 16.5. The molecule has 3 aromatic rings. The maximum Gasteiger partial charge on any atom is 0.145 e.